The summed E-state index contributed by atoms with van der Waals surface area (Å²) < 4.78 is 11.0. The number of aromatic nitrogens is 2. The fourth-order valence-electron chi connectivity index (χ4n) is 2.47. The maximum Gasteiger partial charge on any atom is 0.254 e. The molecule has 0 saturated carbocycles. The van der Waals surface area contributed by atoms with Gasteiger partial charge >= 0.3 is 0 Å². The molecule has 7 nitrogen and oxygen atoms in total. The zero-order chi connectivity index (χ0) is 18.4. The highest BCUT2D eigenvalue weighted by Crippen LogP contribution is 2.29. The van der Waals surface area contributed by atoms with Gasteiger partial charge in [0.25, 0.3) is 5.91 Å². The number of imidazole rings is 1. The molecule has 0 radical (unpaired) electrons. The number of carbonyl (C=O) groups is 1. The van der Waals surface area contributed by atoms with Crippen molar-refractivity contribution in [1.29, 1.82) is 0 Å². The lowest BCUT2D eigenvalue weighted by molar-refractivity contribution is 0.0705. The van der Waals surface area contributed by atoms with Crippen molar-refractivity contribution < 1.29 is 19.4 Å². The molecule has 1 heterocycles. The molecule has 1 aromatic heterocycles. The lowest BCUT2D eigenvalue weighted by Crippen LogP contribution is -2.33. The first-order chi connectivity index (χ1) is 11.9. The van der Waals surface area contributed by atoms with Crippen molar-refractivity contribution >= 4 is 5.91 Å². The molecule has 2 N–H and O–H groups in total. The third kappa shape index (κ3) is 4.96. The van der Waals surface area contributed by atoms with E-state index in [2.05, 4.69) is 9.97 Å². The SMILES string of the molecule is COc1cc(C(=O)N(CCO)Cc2cnc(C)[nH]2)ccc1OC(C)C. The second kappa shape index (κ2) is 8.53. The summed E-state index contributed by atoms with van der Waals surface area (Å²) in [5.74, 6) is 1.67. The molecule has 1 aromatic carbocycles. The van der Waals surface area contributed by atoms with Gasteiger partial charge in [-0.3, -0.25) is 4.79 Å². The van der Waals surface area contributed by atoms with E-state index >= 15 is 0 Å². The summed E-state index contributed by atoms with van der Waals surface area (Å²) in [5.41, 5.74) is 1.28. The summed E-state index contributed by atoms with van der Waals surface area (Å²) in [6.07, 6.45) is 1.69. The molecule has 7 heteroatoms. The van der Waals surface area contributed by atoms with Gasteiger partial charge in [-0.2, -0.15) is 0 Å². The maximum absolute atomic E-state index is 12.8. The van der Waals surface area contributed by atoms with Crippen LogP contribution in [0.15, 0.2) is 24.4 Å². The van der Waals surface area contributed by atoms with Crippen molar-refractivity contribution in [2.75, 3.05) is 20.3 Å². The number of amides is 1. The second-order valence-corrected chi connectivity index (χ2v) is 5.98. The molecule has 0 fully saturated rings. The van der Waals surface area contributed by atoms with Crippen molar-refractivity contribution in [3.05, 3.63) is 41.5 Å². The number of aromatic amines is 1. The van der Waals surface area contributed by atoms with Crippen LogP contribution >= 0.6 is 0 Å². The van der Waals surface area contributed by atoms with Crippen LogP contribution in [0.3, 0.4) is 0 Å². The van der Waals surface area contributed by atoms with Crippen LogP contribution in [-0.4, -0.2) is 52.2 Å². The average molecular weight is 347 g/mol. The Kier molecular flexibility index (Phi) is 6.41. The van der Waals surface area contributed by atoms with Crippen LogP contribution in [0, 0.1) is 6.92 Å². The minimum absolute atomic E-state index is 0.00459. The first-order valence-corrected chi connectivity index (χ1v) is 8.20. The molecule has 136 valence electrons. The largest absolute Gasteiger partial charge is 0.493 e. The molecule has 0 aliphatic rings. The third-order valence-electron chi connectivity index (χ3n) is 3.55. The summed E-state index contributed by atoms with van der Waals surface area (Å²) in [6.45, 7) is 6.14. The Labute approximate surface area is 147 Å². The third-order valence-corrected chi connectivity index (χ3v) is 3.55. The maximum atomic E-state index is 12.8. The van der Waals surface area contributed by atoms with E-state index in [0.29, 0.717) is 23.6 Å². The molecule has 1 amide bonds. The van der Waals surface area contributed by atoms with Gasteiger partial charge in [-0.1, -0.05) is 0 Å². The molecule has 0 aliphatic heterocycles. The molecular formula is C18H25N3O4. The van der Waals surface area contributed by atoms with Crippen LogP contribution in [0.4, 0.5) is 0 Å². The number of aryl methyl sites for hydroxylation is 1. The van der Waals surface area contributed by atoms with Crippen LogP contribution < -0.4 is 9.47 Å². The van der Waals surface area contributed by atoms with E-state index in [1.165, 1.54) is 7.11 Å². The van der Waals surface area contributed by atoms with E-state index < -0.39 is 0 Å². The van der Waals surface area contributed by atoms with Gasteiger partial charge in [-0.25, -0.2) is 4.98 Å². The number of nitrogens with zero attached hydrogens (tertiary/aromatic N) is 2. The summed E-state index contributed by atoms with van der Waals surface area (Å²) >= 11 is 0. The molecule has 0 atom stereocenters. The summed E-state index contributed by atoms with van der Waals surface area (Å²) in [5, 5.41) is 9.30. The van der Waals surface area contributed by atoms with E-state index in [1.807, 2.05) is 20.8 Å². The van der Waals surface area contributed by atoms with Crippen LogP contribution in [-0.2, 0) is 6.54 Å². The van der Waals surface area contributed by atoms with Crippen LogP contribution in [0.2, 0.25) is 0 Å². The Bertz CT molecular complexity index is 712. The highest BCUT2D eigenvalue weighted by atomic mass is 16.5. The number of hydrogen-bond donors (Lipinski definition) is 2. The zero-order valence-electron chi connectivity index (χ0n) is 15.1. The molecule has 25 heavy (non-hydrogen) atoms. The lowest BCUT2D eigenvalue weighted by atomic mass is 10.1. The minimum atomic E-state index is -0.198. The molecule has 0 aliphatic carbocycles. The Morgan fingerprint density at radius 2 is 2.12 bits per heavy atom. The van der Waals surface area contributed by atoms with Gasteiger partial charge in [-0.15, -0.1) is 0 Å². The number of methoxy groups -OCH3 is 1. The number of rotatable bonds is 8. The number of hydrogen-bond acceptors (Lipinski definition) is 5. The van der Waals surface area contributed by atoms with Crippen LogP contribution in [0.5, 0.6) is 11.5 Å². The van der Waals surface area contributed by atoms with E-state index in [9.17, 15) is 9.90 Å². The minimum Gasteiger partial charge on any atom is -0.493 e. The number of benzene rings is 1. The highest BCUT2D eigenvalue weighted by Gasteiger charge is 2.19. The fraction of sp³-hybridized carbons (Fsp3) is 0.444. The number of H-pyrrole nitrogens is 1. The number of ether oxygens (including phenoxy) is 2. The number of aliphatic hydroxyl groups is 1. The van der Waals surface area contributed by atoms with Gasteiger partial charge in [0.15, 0.2) is 11.5 Å². The van der Waals surface area contributed by atoms with Gasteiger partial charge in [0.1, 0.15) is 5.82 Å². The zero-order valence-corrected chi connectivity index (χ0v) is 15.1. The predicted octanol–water partition coefficient (Wildman–Crippen LogP) is 2.15. The first-order valence-electron chi connectivity index (χ1n) is 8.20. The standard InChI is InChI=1S/C18H25N3O4/c1-12(2)25-16-6-5-14(9-17(16)24-4)18(23)21(7-8-22)11-15-10-19-13(3)20-15/h5-6,9-10,12,22H,7-8,11H2,1-4H3,(H,19,20). The second-order valence-electron chi connectivity index (χ2n) is 5.98. The predicted molar refractivity (Wildman–Crippen MR) is 93.9 cm³/mol. The highest BCUT2D eigenvalue weighted by molar-refractivity contribution is 5.94. The number of nitrogens with one attached hydrogen (secondary N) is 1. The van der Waals surface area contributed by atoms with E-state index in [4.69, 9.17) is 9.47 Å². The van der Waals surface area contributed by atoms with Crippen LogP contribution in [0.25, 0.3) is 0 Å². The monoisotopic (exact) mass is 347 g/mol. The van der Waals surface area contributed by atoms with Crippen molar-refractivity contribution in [3.8, 4) is 11.5 Å². The summed E-state index contributed by atoms with van der Waals surface area (Å²) in [7, 11) is 1.54. The van der Waals surface area contributed by atoms with Crippen molar-refractivity contribution in [1.82, 2.24) is 14.9 Å². The Balaban J connectivity index is 2.22. The number of carbonyl (C=O) groups excluding carboxylic acids is 1. The van der Waals surface area contributed by atoms with Gasteiger partial charge in [0.05, 0.1) is 38.3 Å². The van der Waals surface area contributed by atoms with E-state index in [0.717, 1.165) is 11.5 Å². The fourth-order valence-corrected chi connectivity index (χ4v) is 2.47. The Hall–Kier alpha value is -2.54. The molecule has 2 rings (SSSR count). The summed E-state index contributed by atoms with van der Waals surface area (Å²) in [4.78, 5) is 21.6. The molecule has 0 spiro atoms. The van der Waals surface area contributed by atoms with Gasteiger partial charge in [0, 0.05) is 12.1 Å². The molecular weight excluding hydrogens is 322 g/mol. The van der Waals surface area contributed by atoms with E-state index in [1.54, 1.807) is 29.3 Å². The topological polar surface area (TPSA) is 87.7 Å². The summed E-state index contributed by atoms with van der Waals surface area (Å²) in [6, 6.07) is 5.08. The van der Waals surface area contributed by atoms with Crippen molar-refractivity contribution in [2.45, 2.75) is 33.4 Å². The van der Waals surface area contributed by atoms with Crippen molar-refractivity contribution in [2.24, 2.45) is 0 Å². The molecule has 0 unspecified atom stereocenters. The Morgan fingerprint density at radius 1 is 1.36 bits per heavy atom. The van der Waals surface area contributed by atoms with Crippen LogP contribution in [0.1, 0.15) is 35.7 Å². The average Bonchev–Trinajstić information content (AvgIpc) is 2.98. The lowest BCUT2D eigenvalue weighted by Gasteiger charge is -2.22. The number of aliphatic hydroxyl groups excluding tert-OH is 1. The smallest absolute Gasteiger partial charge is 0.254 e. The van der Waals surface area contributed by atoms with Gasteiger partial charge < -0.3 is 24.5 Å². The first kappa shape index (κ1) is 18.8. The van der Waals surface area contributed by atoms with Gasteiger partial charge in [-0.05, 0) is 39.0 Å². The molecule has 0 bridgehead atoms. The Morgan fingerprint density at radius 3 is 2.68 bits per heavy atom. The van der Waals surface area contributed by atoms with Gasteiger partial charge in [0.2, 0.25) is 0 Å². The molecule has 0 saturated heterocycles. The van der Waals surface area contributed by atoms with Crippen molar-refractivity contribution in [3.63, 3.8) is 0 Å². The van der Waals surface area contributed by atoms with E-state index in [-0.39, 0.29) is 25.2 Å². The normalized spacial score (nSPS) is 10.8. The quantitative estimate of drug-likeness (QED) is 0.764. The molecule has 2 aromatic rings.